The van der Waals surface area contributed by atoms with Crippen LogP contribution in [-0.2, 0) is 76.7 Å². The summed E-state index contributed by atoms with van der Waals surface area (Å²) in [6, 6.07) is 14.4. The van der Waals surface area contributed by atoms with E-state index in [-0.39, 0.29) is 94.9 Å². The number of aromatic amines is 1. The second kappa shape index (κ2) is 34.8. The van der Waals surface area contributed by atoms with Crippen LogP contribution in [0.25, 0.3) is 10.9 Å². The molecule has 0 radical (unpaired) electrons. The second-order valence-electron chi connectivity index (χ2n) is 23.0. The lowest BCUT2D eigenvalue weighted by Crippen LogP contribution is -2.58. The average Bonchev–Trinajstić information content (AvgIpc) is 3.02. The molecule has 4 aromatic rings. The predicted octanol–water partition coefficient (Wildman–Crippen LogP) is 2.22. The molecule has 9 amide bonds. The molecule has 474 valence electrons. The number of carboxylic acid groups (broad SMARTS) is 1. The third-order valence-corrected chi connectivity index (χ3v) is 13.2. The van der Waals surface area contributed by atoms with Crippen molar-refractivity contribution in [1.82, 2.24) is 47.5 Å². The molecular weight excluding hydrogens is 1130 g/mol. The number of rotatable bonds is 35. The number of H-pyrrole nitrogens is 1. The molecule has 87 heavy (non-hydrogen) atoms. The number of carbonyl (C=O) groups is 11. The van der Waals surface area contributed by atoms with Gasteiger partial charge in [-0.25, -0.2) is 4.79 Å². The number of hydrogen-bond donors (Lipinski definition) is 13. The fraction of sp³-hybridized carbons (Fsp3) is 0.492. The van der Waals surface area contributed by atoms with Gasteiger partial charge in [0.15, 0.2) is 0 Å². The van der Waals surface area contributed by atoms with Gasteiger partial charge in [0.1, 0.15) is 53.7 Å². The van der Waals surface area contributed by atoms with Crippen molar-refractivity contribution in [1.29, 1.82) is 0 Å². The SMILES string of the molecule is CC(C)(C)OC(=O)C[C@H](NC(=O)[C@H](CCCCNC(=O)CCCC(=O)NCCCC[C@H](NC(=O)[C@H](Cc1ccc(O)cc1)NC(=O)OC(C)(C)C)C(=O)NCC(=O)O)NC(=O)[C@@H](N)Cc1c[nH]c2ccccc12)C(=O)N[C@@H](Cc1ccccc1)C(N)=O. The first-order valence-electron chi connectivity index (χ1n) is 28.9. The van der Waals surface area contributed by atoms with E-state index in [9.17, 15) is 63.0 Å². The first-order chi connectivity index (χ1) is 41.0. The zero-order valence-electron chi connectivity index (χ0n) is 50.2. The molecular formula is C61H85N11O15. The van der Waals surface area contributed by atoms with E-state index in [1.54, 1.807) is 90.2 Å². The van der Waals surface area contributed by atoms with Gasteiger partial charge in [0, 0.05) is 55.9 Å². The van der Waals surface area contributed by atoms with Crippen molar-refractivity contribution >= 4 is 76.2 Å². The van der Waals surface area contributed by atoms with E-state index in [1.165, 1.54) is 12.1 Å². The number of nitrogens with two attached hydrogens (primary N) is 2. The number of benzene rings is 3. The zero-order chi connectivity index (χ0) is 64.3. The normalized spacial score (nSPS) is 13.4. The molecule has 1 heterocycles. The Balaban J connectivity index is 1.31. The minimum Gasteiger partial charge on any atom is -0.508 e. The Morgan fingerprint density at radius 1 is 0.540 bits per heavy atom. The highest BCUT2D eigenvalue weighted by Crippen LogP contribution is 2.20. The number of aliphatic carboxylic acids is 1. The van der Waals surface area contributed by atoms with Gasteiger partial charge in [0.25, 0.3) is 0 Å². The largest absolute Gasteiger partial charge is 0.508 e. The lowest BCUT2D eigenvalue weighted by Gasteiger charge is -2.26. The molecule has 0 saturated carbocycles. The van der Waals surface area contributed by atoms with Gasteiger partial charge in [-0.15, -0.1) is 0 Å². The van der Waals surface area contributed by atoms with Crippen molar-refractivity contribution in [3.63, 3.8) is 0 Å². The van der Waals surface area contributed by atoms with Gasteiger partial charge in [-0.05, 0) is 128 Å². The monoisotopic (exact) mass is 1210 g/mol. The van der Waals surface area contributed by atoms with Gasteiger partial charge in [0.05, 0.1) is 12.5 Å². The molecule has 3 aromatic carbocycles. The van der Waals surface area contributed by atoms with Gasteiger partial charge in [-0.3, -0.25) is 47.9 Å². The highest BCUT2D eigenvalue weighted by molar-refractivity contribution is 5.97. The van der Waals surface area contributed by atoms with Crippen LogP contribution in [0, 0.1) is 0 Å². The number of primary amides is 1. The van der Waals surface area contributed by atoms with E-state index in [2.05, 4.69) is 47.5 Å². The van der Waals surface area contributed by atoms with Crippen molar-refractivity contribution < 1.29 is 72.4 Å². The molecule has 26 nitrogen and oxygen atoms in total. The summed E-state index contributed by atoms with van der Waals surface area (Å²) in [6.45, 7) is 9.41. The van der Waals surface area contributed by atoms with Crippen LogP contribution in [0.2, 0.25) is 0 Å². The van der Waals surface area contributed by atoms with Gasteiger partial charge in [-0.2, -0.15) is 0 Å². The van der Waals surface area contributed by atoms with E-state index in [1.807, 2.05) is 24.3 Å². The van der Waals surface area contributed by atoms with Crippen LogP contribution in [0.5, 0.6) is 5.75 Å². The number of unbranched alkanes of at least 4 members (excludes halogenated alkanes) is 2. The summed E-state index contributed by atoms with van der Waals surface area (Å²) >= 11 is 0. The van der Waals surface area contributed by atoms with Crippen molar-refractivity contribution in [2.24, 2.45) is 11.5 Å². The molecule has 26 heteroatoms. The van der Waals surface area contributed by atoms with Gasteiger partial charge in [0.2, 0.25) is 47.3 Å². The van der Waals surface area contributed by atoms with Crippen LogP contribution in [0.1, 0.15) is 122 Å². The maximum absolute atomic E-state index is 14.2. The summed E-state index contributed by atoms with van der Waals surface area (Å²) in [7, 11) is 0. The van der Waals surface area contributed by atoms with Crippen LogP contribution in [0.15, 0.2) is 85.1 Å². The first-order valence-corrected chi connectivity index (χ1v) is 28.9. The number of fused-ring (bicyclic) bond motifs is 1. The number of ether oxygens (including phenoxy) is 2. The average molecular weight is 1210 g/mol. The standard InChI is InChI=1S/C61H85N11O15/c1-60(2,3)86-52(78)34-48(58(84)70-46(53(63)79)31-37-17-8-7-9-18-37)71-56(82)45(68-54(80)42(62)33-39-35-66-43-20-11-10-19-41(39)43)22-13-15-30-65-50(75)24-16-23-49(74)64-29-14-12-21-44(55(81)67-36-51(76)77)69-57(83)47(72-59(85)87-61(4,5)6)32-38-25-27-40(73)28-26-38/h7-11,17-20,25-28,35,42,44-48,66,73H,12-16,21-24,29-34,36,62H2,1-6H3,(H2,63,79)(H,64,74)(H,65,75)(H,67,81)(H,68,80)(H,69,83)(H,70,84)(H,71,82)(H,72,85)(H,76,77)/t42-,44-,45-,46-,47-,48-/m0/s1. The summed E-state index contributed by atoms with van der Waals surface area (Å²) in [4.78, 5) is 147. The van der Waals surface area contributed by atoms with Crippen LogP contribution in [0.3, 0.4) is 0 Å². The predicted molar refractivity (Wildman–Crippen MR) is 321 cm³/mol. The maximum atomic E-state index is 14.2. The maximum Gasteiger partial charge on any atom is 0.408 e. The molecule has 0 bridgehead atoms. The second-order valence-corrected chi connectivity index (χ2v) is 23.0. The number of alkyl carbamates (subject to hydrolysis) is 1. The van der Waals surface area contributed by atoms with Crippen molar-refractivity contribution in [2.45, 2.75) is 172 Å². The highest BCUT2D eigenvalue weighted by Gasteiger charge is 2.34. The summed E-state index contributed by atoms with van der Waals surface area (Å²) in [5.41, 5.74) is 13.1. The van der Waals surface area contributed by atoms with Crippen LogP contribution < -0.4 is 54.0 Å². The number of para-hydroxylation sites is 1. The third kappa shape index (κ3) is 27.2. The third-order valence-electron chi connectivity index (χ3n) is 13.2. The fourth-order valence-corrected chi connectivity index (χ4v) is 8.90. The Hall–Kier alpha value is -9.07. The number of amides is 9. The Bertz CT molecular complexity index is 2980. The summed E-state index contributed by atoms with van der Waals surface area (Å²) in [5.74, 6) is -7.71. The van der Waals surface area contributed by atoms with E-state index in [0.717, 1.165) is 16.5 Å². The Morgan fingerprint density at radius 3 is 1.63 bits per heavy atom. The highest BCUT2D eigenvalue weighted by atomic mass is 16.6. The number of hydrogen-bond acceptors (Lipinski definition) is 15. The Morgan fingerprint density at radius 2 is 1.05 bits per heavy atom. The van der Waals surface area contributed by atoms with Crippen molar-refractivity contribution in [3.8, 4) is 5.75 Å². The fourth-order valence-electron chi connectivity index (χ4n) is 8.90. The molecule has 6 atom stereocenters. The summed E-state index contributed by atoms with van der Waals surface area (Å²) < 4.78 is 10.8. The quantitative estimate of drug-likeness (QED) is 0.0232. The van der Waals surface area contributed by atoms with E-state index >= 15 is 0 Å². The molecule has 0 spiro atoms. The van der Waals surface area contributed by atoms with E-state index in [4.69, 9.17) is 20.9 Å². The smallest absolute Gasteiger partial charge is 0.408 e. The minimum atomic E-state index is -1.58. The molecule has 0 saturated heterocycles. The Kier molecular flexibility index (Phi) is 28.1. The number of carboxylic acids is 1. The van der Waals surface area contributed by atoms with Crippen molar-refractivity contribution in [2.75, 3.05) is 19.6 Å². The molecule has 0 aliphatic rings. The molecule has 0 aliphatic carbocycles. The molecule has 0 aliphatic heterocycles. The van der Waals surface area contributed by atoms with Gasteiger partial charge in [-0.1, -0.05) is 60.7 Å². The number of aromatic hydroxyl groups is 1. The topological polar surface area (TPSA) is 411 Å². The molecule has 0 unspecified atom stereocenters. The van der Waals surface area contributed by atoms with Crippen LogP contribution >= 0.6 is 0 Å². The molecule has 1 aromatic heterocycles. The minimum absolute atomic E-state index is 0.00114. The van der Waals surface area contributed by atoms with E-state index < -0.39 is 114 Å². The Labute approximate surface area is 505 Å². The van der Waals surface area contributed by atoms with Gasteiger partial charge >= 0.3 is 18.0 Å². The number of phenols is 1. The zero-order valence-corrected chi connectivity index (χ0v) is 50.2. The molecule has 4 rings (SSSR count). The number of carbonyl (C=O) groups excluding carboxylic acids is 10. The van der Waals surface area contributed by atoms with Crippen LogP contribution in [0.4, 0.5) is 4.79 Å². The summed E-state index contributed by atoms with van der Waals surface area (Å²) in [5, 5.41) is 40.5. The first kappa shape index (κ1) is 70.4. The number of aromatic nitrogens is 1. The summed E-state index contributed by atoms with van der Waals surface area (Å²) in [6.07, 6.45) is 1.69. The molecule has 0 fully saturated rings. The number of esters is 1. The van der Waals surface area contributed by atoms with Crippen molar-refractivity contribution in [3.05, 3.63) is 102 Å². The molecule has 15 N–H and O–H groups in total. The number of nitrogens with one attached hydrogen (secondary N) is 9. The van der Waals surface area contributed by atoms with Gasteiger partial charge < -0.3 is 78.7 Å². The lowest BCUT2D eigenvalue weighted by molar-refractivity contribution is -0.156. The lowest BCUT2D eigenvalue weighted by atomic mass is 10.0. The van der Waals surface area contributed by atoms with E-state index in [0.29, 0.717) is 24.0 Å². The van der Waals surface area contributed by atoms with Crippen LogP contribution in [-0.4, -0.2) is 148 Å². The number of phenolic OH excluding ortho intramolecular Hbond substituents is 1.